The average molecular weight is 250 g/mol. The van der Waals surface area contributed by atoms with Crippen LogP contribution >= 0.6 is 0 Å². The number of benzene rings is 1. The molecule has 0 aliphatic carbocycles. The van der Waals surface area contributed by atoms with E-state index in [1.807, 2.05) is 47.4 Å². The summed E-state index contributed by atoms with van der Waals surface area (Å²) in [4.78, 5) is 4.10. The van der Waals surface area contributed by atoms with Crippen LogP contribution in [0.25, 0.3) is 5.69 Å². The van der Waals surface area contributed by atoms with Crippen LogP contribution < -0.4 is 5.32 Å². The van der Waals surface area contributed by atoms with E-state index in [4.69, 9.17) is 0 Å². The summed E-state index contributed by atoms with van der Waals surface area (Å²) in [5.74, 6) is 0. The van der Waals surface area contributed by atoms with Gasteiger partial charge in [0.2, 0.25) is 0 Å². The Labute approximate surface area is 111 Å². The predicted octanol–water partition coefficient (Wildman–Crippen LogP) is 2.88. The Bertz CT molecular complexity index is 632. The van der Waals surface area contributed by atoms with Gasteiger partial charge in [0, 0.05) is 37.0 Å². The van der Waals surface area contributed by atoms with E-state index < -0.39 is 0 Å². The maximum atomic E-state index is 4.22. The van der Waals surface area contributed by atoms with Crippen LogP contribution in [0.5, 0.6) is 0 Å². The van der Waals surface area contributed by atoms with Gasteiger partial charge in [0.1, 0.15) is 0 Å². The number of nitrogens with one attached hydrogen (secondary N) is 1. The zero-order valence-corrected chi connectivity index (χ0v) is 10.4. The zero-order valence-electron chi connectivity index (χ0n) is 10.4. The third-order valence-electron chi connectivity index (χ3n) is 2.83. The highest BCUT2D eigenvalue weighted by Crippen LogP contribution is 2.14. The van der Waals surface area contributed by atoms with Gasteiger partial charge in [-0.2, -0.15) is 5.10 Å². The Morgan fingerprint density at radius 1 is 1.05 bits per heavy atom. The molecule has 3 rings (SSSR count). The van der Waals surface area contributed by atoms with E-state index in [1.54, 1.807) is 12.4 Å². The average Bonchev–Trinajstić information content (AvgIpc) is 3.01. The Morgan fingerprint density at radius 3 is 2.84 bits per heavy atom. The lowest BCUT2D eigenvalue weighted by atomic mass is 10.2. The van der Waals surface area contributed by atoms with Gasteiger partial charge in [-0.3, -0.25) is 4.98 Å². The molecule has 4 nitrogen and oxygen atoms in total. The van der Waals surface area contributed by atoms with Gasteiger partial charge in [-0.15, -0.1) is 0 Å². The molecule has 1 N–H and O–H groups in total. The molecule has 0 atom stereocenters. The van der Waals surface area contributed by atoms with Crippen molar-refractivity contribution in [1.29, 1.82) is 0 Å². The lowest BCUT2D eigenvalue weighted by Crippen LogP contribution is -2.01. The van der Waals surface area contributed by atoms with Gasteiger partial charge in [-0.25, -0.2) is 4.68 Å². The highest BCUT2D eigenvalue weighted by molar-refractivity contribution is 5.51. The topological polar surface area (TPSA) is 42.7 Å². The summed E-state index contributed by atoms with van der Waals surface area (Å²) >= 11 is 0. The fourth-order valence-corrected chi connectivity index (χ4v) is 1.89. The second-order valence-corrected chi connectivity index (χ2v) is 4.22. The molecular formula is C15H14N4. The first-order valence-corrected chi connectivity index (χ1v) is 6.15. The van der Waals surface area contributed by atoms with Crippen LogP contribution in [0.4, 0.5) is 5.69 Å². The molecule has 0 amide bonds. The molecule has 0 unspecified atom stereocenters. The van der Waals surface area contributed by atoms with Crippen molar-refractivity contribution in [3.05, 3.63) is 72.8 Å². The summed E-state index contributed by atoms with van der Waals surface area (Å²) in [7, 11) is 0. The number of anilines is 1. The summed E-state index contributed by atoms with van der Waals surface area (Å²) in [6, 6.07) is 14.1. The summed E-state index contributed by atoms with van der Waals surface area (Å²) in [5.41, 5.74) is 3.27. The fraction of sp³-hybridized carbons (Fsp3) is 0.0667. The minimum absolute atomic E-state index is 0.760. The van der Waals surface area contributed by atoms with Crippen molar-refractivity contribution in [2.45, 2.75) is 6.54 Å². The minimum atomic E-state index is 0.760. The van der Waals surface area contributed by atoms with E-state index >= 15 is 0 Å². The van der Waals surface area contributed by atoms with Gasteiger partial charge in [-0.05, 0) is 35.9 Å². The fourth-order valence-electron chi connectivity index (χ4n) is 1.89. The first-order valence-electron chi connectivity index (χ1n) is 6.15. The lowest BCUT2D eigenvalue weighted by molar-refractivity contribution is 0.880. The number of aromatic nitrogens is 3. The second-order valence-electron chi connectivity index (χ2n) is 4.22. The third-order valence-corrected chi connectivity index (χ3v) is 2.83. The first kappa shape index (κ1) is 11.5. The molecule has 94 valence electrons. The van der Waals surface area contributed by atoms with Gasteiger partial charge >= 0.3 is 0 Å². The Morgan fingerprint density at radius 2 is 2.05 bits per heavy atom. The van der Waals surface area contributed by atoms with Crippen LogP contribution in [0.15, 0.2) is 67.3 Å². The van der Waals surface area contributed by atoms with E-state index in [-0.39, 0.29) is 0 Å². The summed E-state index contributed by atoms with van der Waals surface area (Å²) in [5, 5.41) is 7.61. The van der Waals surface area contributed by atoms with Crippen molar-refractivity contribution in [2.75, 3.05) is 5.32 Å². The van der Waals surface area contributed by atoms with Crippen LogP contribution in [-0.4, -0.2) is 14.8 Å². The number of pyridine rings is 1. The quantitative estimate of drug-likeness (QED) is 0.774. The molecule has 0 bridgehead atoms. The minimum Gasteiger partial charge on any atom is -0.381 e. The maximum Gasteiger partial charge on any atom is 0.0666 e. The molecule has 2 aromatic heterocycles. The van der Waals surface area contributed by atoms with Crippen LogP contribution in [-0.2, 0) is 6.54 Å². The zero-order chi connectivity index (χ0) is 12.9. The van der Waals surface area contributed by atoms with Crippen molar-refractivity contribution in [3.63, 3.8) is 0 Å². The molecular weight excluding hydrogens is 236 g/mol. The van der Waals surface area contributed by atoms with Crippen molar-refractivity contribution in [1.82, 2.24) is 14.8 Å². The molecule has 0 aliphatic heterocycles. The third kappa shape index (κ3) is 2.80. The van der Waals surface area contributed by atoms with Crippen molar-refractivity contribution in [3.8, 4) is 5.69 Å². The summed E-state index contributed by atoms with van der Waals surface area (Å²) in [6.07, 6.45) is 7.35. The van der Waals surface area contributed by atoms with Crippen LogP contribution in [0.3, 0.4) is 0 Å². The van der Waals surface area contributed by atoms with Gasteiger partial charge in [-0.1, -0.05) is 12.1 Å². The smallest absolute Gasteiger partial charge is 0.0666 e. The molecule has 0 saturated heterocycles. The van der Waals surface area contributed by atoms with Crippen LogP contribution in [0.2, 0.25) is 0 Å². The predicted molar refractivity (Wildman–Crippen MR) is 75.1 cm³/mol. The molecule has 0 aliphatic rings. The van der Waals surface area contributed by atoms with E-state index in [9.17, 15) is 0 Å². The molecule has 0 fully saturated rings. The number of hydrogen-bond acceptors (Lipinski definition) is 3. The Kier molecular flexibility index (Phi) is 3.23. The number of rotatable bonds is 4. The summed E-state index contributed by atoms with van der Waals surface area (Å²) in [6.45, 7) is 0.760. The Hall–Kier alpha value is -2.62. The first-order chi connectivity index (χ1) is 9.42. The molecule has 0 radical (unpaired) electrons. The highest BCUT2D eigenvalue weighted by Gasteiger charge is 1.98. The highest BCUT2D eigenvalue weighted by atomic mass is 15.3. The normalized spacial score (nSPS) is 10.3. The standard InChI is InChI=1S/C15H14N4/c1-5-14(17-12-13-4-2-7-16-11-13)10-15(6-1)19-9-3-8-18-19/h1-11,17H,12H2. The monoisotopic (exact) mass is 250 g/mol. The molecule has 2 heterocycles. The molecule has 0 spiro atoms. The SMILES string of the molecule is c1cncc(CNc2cccc(-n3cccn3)c2)c1. The lowest BCUT2D eigenvalue weighted by Gasteiger charge is -2.08. The maximum absolute atomic E-state index is 4.22. The Balaban J connectivity index is 1.74. The number of nitrogens with zero attached hydrogens (tertiary/aromatic N) is 3. The van der Waals surface area contributed by atoms with Gasteiger partial charge < -0.3 is 5.32 Å². The van der Waals surface area contributed by atoms with E-state index in [1.165, 1.54) is 0 Å². The summed E-state index contributed by atoms with van der Waals surface area (Å²) < 4.78 is 1.84. The molecule has 3 aromatic rings. The van der Waals surface area contributed by atoms with E-state index in [0.29, 0.717) is 0 Å². The molecule has 19 heavy (non-hydrogen) atoms. The molecule has 0 saturated carbocycles. The number of hydrogen-bond donors (Lipinski definition) is 1. The van der Waals surface area contributed by atoms with Gasteiger partial charge in [0.25, 0.3) is 0 Å². The van der Waals surface area contributed by atoms with E-state index in [2.05, 4.69) is 27.5 Å². The van der Waals surface area contributed by atoms with Gasteiger partial charge in [0.05, 0.1) is 5.69 Å². The second kappa shape index (κ2) is 5.35. The largest absolute Gasteiger partial charge is 0.381 e. The van der Waals surface area contributed by atoms with Crippen LogP contribution in [0.1, 0.15) is 5.56 Å². The van der Waals surface area contributed by atoms with Crippen molar-refractivity contribution < 1.29 is 0 Å². The van der Waals surface area contributed by atoms with E-state index in [0.717, 1.165) is 23.5 Å². The van der Waals surface area contributed by atoms with Crippen molar-refractivity contribution in [2.24, 2.45) is 0 Å². The molecule has 1 aromatic carbocycles. The van der Waals surface area contributed by atoms with Crippen LogP contribution in [0, 0.1) is 0 Å². The van der Waals surface area contributed by atoms with Crippen molar-refractivity contribution >= 4 is 5.69 Å². The molecule has 4 heteroatoms. The van der Waals surface area contributed by atoms with Gasteiger partial charge in [0.15, 0.2) is 0 Å².